The van der Waals surface area contributed by atoms with E-state index >= 15 is 0 Å². The van der Waals surface area contributed by atoms with Gasteiger partial charge in [0.2, 0.25) is 0 Å². The molecule has 2 rings (SSSR count). The minimum Gasteiger partial charge on any atom is -0.146 e. The molecule has 0 spiro atoms. The lowest BCUT2D eigenvalue weighted by Gasteiger charge is -2.11. The number of rotatable bonds is 11. The van der Waals surface area contributed by atoms with Crippen LogP contribution in [0.15, 0.2) is 0 Å². The highest BCUT2D eigenvalue weighted by molar-refractivity contribution is 7.40. The van der Waals surface area contributed by atoms with Gasteiger partial charge in [0.15, 0.2) is 11.3 Å². The second-order valence-corrected chi connectivity index (χ2v) is 10.4. The van der Waals surface area contributed by atoms with Crippen molar-refractivity contribution >= 4 is 16.1 Å². The maximum Gasteiger partial charge on any atom is 0.511 e. The van der Waals surface area contributed by atoms with Crippen molar-refractivity contribution in [3.8, 4) is 0 Å². The van der Waals surface area contributed by atoms with Crippen molar-refractivity contribution in [2.75, 3.05) is 13.2 Å². The molecule has 0 saturated heterocycles. The van der Waals surface area contributed by atoms with E-state index in [1.54, 1.807) is 0 Å². The third-order valence-corrected chi connectivity index (χ3v) is 8.32. The Kier molecular flexibility index (Phi) is 10.6. The molecule has 2 fully saturated rings. The van der Waals surface area contributed by atoms with Crippen LogP contribution in [0.3, 0.4) is 0 Å². The van der Waals surface area contributed by atoms with Crippen molar-refractivity contribution in [1.29, 1.82) is 0 Å². The summed E-state index contributed by atoms with van der Waals surface area (Å²) in [7, 11) is -2.91. The van der Waals surface area contributed by atoms with Gasteiger partial charge in [-0.3, -0.25) is 0 Å². The van der Waals surface area contributed by atoms with Crippen molar-refractivity contribution in [2.24, 2.45) is 0 Å². The van der Waals surface area contributed by atoms with E-state index in [9.17, 15) is 9.13 Å². The van der Waals surface area contributed by atoms with Crippen LogP contribution >= 0.6 is 16.1 Å². The molecule has 2 aliphatic carbocycles. The highest BCUT2D eigenvalue weighted by atomic mass is 31.1. The Hall–Kier alpha value is 0.120. The SMILES string of the molecule is O=[P+](OCCCCCCO[P+](=O)C1CCCCC1)C1CCCCC1. The summed E-state index contributed by atoms with van der Waals surface area (Å²) in [5, 5.41) is 0. The van der Waals surface area contributed by atoms with Gasteiger partial charge in [-0.05, 0) is 73.3 Å². The first-order valence-electron chi connectivity index (χ1n) is 9.96. The van der Waals surface area contributed by atoms with E-state index in [-0.39, 0.29) is 0 Å². The molecule has 0 aromatic carbocycles. The summed E-state index contributed by atoms with van der Waals surface area (Å²) in [4.78, 5) is 0. The fourth-order valence-electron chi connectivity index (χ4n) is 3.66. The average molecular weight is 376 g/mol. The zero-order chi connectivity index (χ0) is 17.0. The first kappa shape index (κ1) is 20.4. The minimum atomic E-state index is -1.46. The molecule has 6 heteroatoms. The molecule has 2 aliphatic rings. The van der Waals surface area contributed by atoms with Crippen molar-refractivity contribution in [3.05, 3.63) is 0 Å². The summed E-state index contributed by atoms with van der Waals surface area (Å²) in [6.45, 7) is 1.23. The average Bonchev–Trinajstić information content (AvgIpc) is 2.65. The van der Waals surface area contributed by atoms with Crippen LogP contribution in [-0.2, 0) is 18.2 Å². The highest BCUT2D eigenvalue weighted by Crippen LogP contribution is 2.40. The predicted molar refractivity (Wildman–Crippen MR) is 99.3 cm³/mol. The smallest absolute Gasteiger partial charge is 0.146 e. The van der Waals surface area contributed by atoms with Gasteiger partial charge in [0, 0.05) is 0 Å². The number of hydrogen-bond acceptors (Lipinski definition) is 4. The molecule has 4 nitrogen and oxygen atoms in total. The Morgan fingerprint density at radius 2 is 0.958 bits per heavy atom. The monoisotopic (exact) mass is 376 g/mol. The summed E-state index contributed by atoms with van der Waals surface area (Å²) in [6, 6.07) is 0. The van der Waals surface area contributed by atoms with Gasteiger partial charge >= 0.3 is 16.1 Å². The molecule has 0 aromatic rings. The van der Waals surface area contributed by atoms with Gasteiger partial charge in [0.05, 0.1) is 0 Å². The lowest BCUT2D eigenvalue weighted by molar-refractivity contribution is 0.288. The van der Waals surface area contributed by atoms with Crippen LogP contribution in [-0.4, -0.2) is 24.5 Å². The largest absolute Gasteiger partial charge is 0.511 e. The van der Waals surface area contributed by atoms with Crippen molar-refractivity contribution < 1.29 is 18.2 Å². The lowest BCUT2D eigenvalue weighted by Crippen LogP contribution is -2.09. The molecule has 0 amide bonds. The second kappa shape index (κ2) is 12.5. The summed E-state index contributed by atoms with van der Waals surface area (Å²) in [5.74, 6) is 0. The molecule has 0 aliphatic heterocycles. The summed E-state index contributed by atoms with van der Waals surface area (Å²) in [6.07, 6.45) is 15.8. The Morgan fingerprint density at radius 3 is 1.33 bits per heavy atom. The molecule has 24 heavy (non-hydrogen) atoms. The van der Waals surface area contributed by atoms with Crippen LogP contribution in [0.2, 0.25) is 0 Å². The Labute approximate surface area is 149 Å². The highest BCUT2D eigenvalue weighted by Gasteiger charge is 2.34. The van der Waals surface area contributed by atoms with Crippen molar-refractivity contribution in [3.63, 3.8) is 0 Å². The zero-order valence-electron chi connectivity index (χ0n) is 15.0. The van der Waals surface area contributed by atoms with Crippen molar-refractivity contribution in [2.45, 2.75) is 101 Å². The minimum absolute atomic E-state index is 0.304. The number of unbranched alkanes of at least 4 members (excludes halogenated alkanes) is 3. The van der Waals surface area contributed by atoms with Gasteiger partial charge < -0.3 is 0 Å². The predicted octanol–water partition coefficient (Wildman–Crippen LogP) is 6.73. The molecule has 2 atom stereocenters. The topological polar surface area (TPSA) is 52.6 Å². The van der Waals surface area contributed by atoms with E-state index in [0.29, 0.717) is 24.5 Å². The van der Waals surface area contributed by atoms with Gasteiger partial charge in [-0.15, -0.1) is 9.05 Å². The quantitative estimate of drug-likeness (QED) is 0.296. The van der Waals surface area contributed by atoms with E-state index in [1.165, 1.54) is 38.5 Å². The third kappa shape index (κ3) is 8.00. The van der Waals surface area contributed by atoms with Gasteiger partial charge in [0.1, 0.15) is 13.2 Å². The van der Waals surface area contributed by atoms with Crippen LogP contribution in [0.1, 0.15) is 89.9 Å². The fraction of sp³-hybridized carbons (Fsp3) is 1.00. The Morgan fingerprint density at radius 1 is 0.583 bits per heavy atom. The van der Waals surface area contributed by atoms with Crippen LogP contribution in [0.4, 0.5) is 0 Å². The molecule has 0 N–H and O–H groups in total. The van der Waals surface area contributed by atoms with E-state index in [2.05, 4.69) is 0 Å². The molecule has 138 valence electrons. The van der Waals surface area contributed by atoms with Gasteiger partial charge in [0.25, 0.3) is 0 Å². The molecule has 0 bridgehead atoms. The Balaban J connectivity index is 1.40. The maximum absolute atomic E-state index is 12.0. The molecule has 0 aromatic heterocycles. The summed E-state index contributed by atoms with van der Waals surface area (Å²) < 4.78 is 35.1. The van der Waals surface area contributed by atoms with Gasteiger partial charge in [-0.25, -0.2) is 0 Å². The normalized spacial score (nSPS) is 21.7. The van der Waals surface area contributed by atoms with Crippen LogP contribution < -0.4 is 0 Å². The van der Waals surface area contributed by atoms with E-state index < -0.39 is 16.1 Å². The first-order chi connectivity index (χ1) is 11.8. The van der Waals surface area contributed by atoms with Crippen LogP contribution in [0, 0.1) is 0 Å². The van der Waals surface area contributed by atoms with E-state index in [4.69, 9.17) is 9.05 Å². The summed E-state index contributed by atoms with van der Waals surface area (Å²) in [5.41, 5.74) is 0.608. The van der Waals surface area contributed by atoms with Crippen LogP contribution in [0.25, 0.3) is 0 Å². The molecule has 2 saturated carbocycles. The second-order valence-electron chi connectivity index (χ2n) is 7.24. The molecule has 0 heterocycles. The van der Waals surface area contributed by atoms with Crippen molar-refractivity contribution in [1.82, 2.24) is 0 Å². The van der Waals surface area contributed by atoms with Crippen LogP contribution in [0.5, 0.6) is 0 Å². The number of hydrogen-bond donors (Lipinski definition) is 0. The van der Waals surface area contributed by atoms with Gasteiger partial charge in [-0.2, -0.15) is 0 Å². The summed E-state index contributed by atoms with van der Waals surface area (Å²) >= 11 is 0. The van der Waals surface area contributed by atoms with E-state index in [1.807, 2.05) is 0 Å². The van der Waals surface area contributed by atoms with Gasteiger partial charge in [-0.1, -0.05) is 25.7 Å². The lowest BCUT2D eigenvalue weighted by atomic mass is 10.0. The zero-order valence-corrected chi connectivity index (χ0v) is 16.8. The maximum atomic E-state index is 12.0. The molecular formula is C18H34O4P2+2. The molecular weight excluding hydrogens is 342 g/mol. The van der Waals surface area contributed by atoms with E-state index in [0.717, 1.165) is 51.4 Å². The first-order valence-corrected chi connectivity index (χ1v) is 12.5. The Bertz CT molecular complexity index is 341. The molecule has 0 radical (unpaired) electrons. The fourth-order valence-corrected chi connectivity index (χ4v) is 6.27. The third-order valence-electron chi connectivity index (χ3n) is 5.22. The standard InChI is InChI=1S/C18H34O4P2/c19-23(17-11-5-3-6-12-17)21-15-9-1-2-10-16-22-24(20)18-13-7-4-8-14-18/h17-18H,1-16H2/q+2. The molecule has 2 unspecified atom stereocenters.